The molecule has 101 valence electrons. The van der Waals surface area contributed by atoms with E-state index in [-0.39, 0.29) is 5.92 Å². The SMILES string of the molecule is O=[C]C(c1ccccc1)c1ccccc1-c1ccccc1. The lowest BCUT2D eigenvalue weighted by Gasteiger charge is -2.15. The zero-order valence-corrected chi connectivity index (χ0v) is 11.6. The fraction of sp³-hybridized carbons (Fsp3) is 0.0500. The molecule has 1 radical (unpaired) electrons. The molecular formula is C20H15O. The minimum Gasteiger partial charge on any atom is -0.290 e. The molecule has 0 amide bonds. The molecule has 0 saturated heterocycles. The summed E-state index contributed by atoms with van der Waals surface area (Å²) in [5.74, 6) is -0.359. The van der Waals surface area contributed by atoms with Crippen LogP contribution in [0.15, 0.2) is 84.9 Å². The molecule has 1 atom stereocenters. The summed E-state index contributed by atoms with van der Waals surface area (Å²) in [5.41, 5.74) is 4.15. The smallest absolute Gasteiger partial charge is 0.211 e. The quantitative estimate of drug-likeness (QED) is 0.678. The van der Waals surface area contributed by atoms with E-state index in [0.717, 1.165) is 22.3 Å². The summed E-state index contributed by atoms with van der Waals surface area (Å²) in [4.78, 5) is 11.6. The van der Waals surface area contributed by atoms with E-state index in [1.54, 1.807) is 0 Å². The molecule has 1 unspecified atom stereocenters. The lowest BCUT2D eigenvalue weighted by atomic mass is 9.87. The van der Waals surface area contributed by atoms with Gasteiger partial charge in [-0.3, -0.25) is 4.79 Å². The molecule has 0 aliphatic heterocycles. The zero-order valence-electron chi connectivity index (χ0n) is 11.6. The van der Waals surface area contributed by atoms with Crippen LogP contribution in [0.3, 0.4) is 0 Å². The number of hydrogen-bond acceptors (Lipinski definition) is 1. The Balaban J connectivity index is 2.12. The molecule has 0 N–H and O–H groups in total. The number of carbonyl (C=O) groups excluding carboxylic acids is 1. The van der Waals surface area contributed by atoms with Gasteiger partial charge >= 0.3 is 0 Å². The Morgan fingerprint density at radius 3 is 1.90 bits per heavy atom. The van der Waals surface area contributed by atoms with Crippen LogP contribution in [-0.2, 0) is 4.79 Å². The van der Waals surface area contributed by atoms with Crippen molar-refractivity contribution in [3.63, 3.8) is 0 Å². The first-order chi connectivity index (χ1) is 10.4. The average molecular weight is 271 g/mol. The van der Waals surface area contributed by atoms with Gasteiger partial charge in [0.05, 0.1) is 5.92 Å². The van der Waals surface area contributed by atoms with Gasteiger partial charge in [-0.1, -0.05) is 84.9 Å². The van der Waals surface area contributed by atoms with Gasteiger partial charge in [-0.05, 0) is 22.3 Å². The summed E-state index contributed by atoms with van der Waals surface area (Å²) in [7, 11) is 0. The summed E-state index contributed by atoms with van der Waals surface area (Å²) < 4.78 is 0. The average Bonchev–Trinajstić information content (AvgIpc) is 2.58. The van der Waals surface area contributed by atoms with Crippen LogP contribution >= 0.6 is 0 Å². The fourth-order valence-corrected chi connectivity index (χ4v) is 2.59. The van der Waals surface area contributed by atoms with Crippen LogP contribution in [0.1, 0.15) is 17.0 Å². The highest BCUT2D eigenvalue weighted by atomic mass is 16.1. The van der Waals surface area contributed by atoms with E-state index in [0.29, 0.717) is 0 Å². The Bertz CT molecular complexity index is 717. The third-order valence-corrected chi connectivity index (χ3v) is 3.61. The van der Waals surface area contributed by atoms with E-state index < -0.39 is 0 Å². The zero-order chi connectivity index (χ0) is 14.5. The van der Waals surface area contributed by atoms with E-state index >= 15 is 0 Å². The van der Waals surface area contributed by atoms with Gasteiger partial charge in [0.1, 0.15) is 0 Å². The van der Waals surface area contributed by atoms with E-state index in [2.05, 4.69) is 24.5 Å². The summed E-state index contributed by atoms with van der Waals surface area (Å²) in [6.45, 7) is 0. The van der Waals surface area contributed by atoms with Crippen molar-refractivity contribution < 1.29 is 4.79 Å². The minimum absolute atomic E-state index is 0.359. The van der Waals surface area contributed by atoms with E-state index in [1.807, 2.05) is 66.7 Å². The lowest BCUT2D eigenvalue weighted by molar-refractivity contribution is 0.549. The second kappa shape index (κ2) is 6.19. The highest BCUT2D eigenvalue weighted by Gasteiger charge is 2.17. The van der Waals surface area contributed by atoms with Crippen LogP contribution in [-0.4, -0.2) is 6.29 Å². The van der Waals surface area contributed by atoms with Crippen LogP contribution in [0, 0.1) is 0 Å². The van der Waals surface area contributed by atoms with Crippen molar-refractivity contribution in [1.29, 1.82) is 0 Å². The van der Waals surface area contributed by atoms with Crippen molar-refractivity contribution in [2.24, 2.45) is 0 Å². The molecule has 0 aromatic heterocycles. The Morgan fingerprint density at radius 1 is 0.667 bits per heavy atom. The Kier molecular flexibility index (Phi) is 3.92. The molecular weight excluding hydrogens is 256 g/mol. The van der Waals surface area contributed by atoms with Crippen molar-refractivity contribution in [2.75, 3.05) is 0 Å². The molecule has 3 aromatic rings. The number of benzene rings is 3. The van der Waals surface area contributed by atoms with Crippen molar-refractivity contribution in [2.45, 2.75) is 5.92 Å². The van der Waals surface area contributed by atoms with Gasteiger partial charge in [0.25, 0.3) is 0 Å². The van der Waals surface area contributed by atoms with Crippen molar-refractivity contribution in [3.05, 3.63) is 96.1 Å². The van der Waals surface area contributed by atoms with Gasteiger partial charge in [0.15, 0.2) is 0 Å². The molecule has 0 spiro atoms. The molecule has 0 bridgehead atoms. The molecule has 3 rings (SSSR count). The van der Waals surface area contributed by atoms with Crippen molar-refractivity contribution in [1.82, 2.24) is 0 Å². The standard InChI is InChI=1S/C20H15O/c21-15-20(17-11-5-2-6-12-17)19-14-8-7-13-18(19)16-9-3-1-4-10-16/h1-14,20H. The van der Waals surface area contributed by atoms with Gasteiger partial charge in [0, 0.05) is 0 Å². The fourth-order valence-electron chi connectivity index (χ4n) is 2.59. The molecule has 0 saturated carbocycles. The second-order valence-corrected chi connectivity index (χ2v) is 4.91. The maximum Gasteiger partial charge on any atom is 0.211 e. The van der Waals surface area contributed by atoms with Crippen molar-refractivity contribution in [3.8, 4) is 11.1 Å². The molecule has 0 aliphatic carbocycles. The summed E-state index contributed by atoms with van der Waals surface area (Å²) in [5, 5.41) is 0. The minimum atomic E-state index is -0.359. The summed E-state index contributed by atoms with van der Waals surface area (Å²) in [6.07, 6.45) is 2.19. The molecule has 1 heteroatoms. The van der Waals surface area contributed by atoms with Crippen LogP contribution in [0.25, 0.3) is 11.1 Å². The topological polar surface area (TPSA) is 17.1 Å². The van der Waals surface area contributed by atoms with Crippen molar-refractivity contribution >= 4 is 6.29 Å². The largest absolute Gasteiger partial charge is 0.290 e. The van der Waals surface area contributed by atoms with Crippen LogP contribution in [0.5, 0.6) is 0 Å². The highest BCUT2D eigenvalue weighted by molar-refractivity contribution is 5.77. The monoisotopic (exact) mass is 271 g/mol. The van der Waals surface area contributed by atoms with E-state index in [9.17, 15) is 4.79 Å². The maximum absolute atomic E-state index is 11.6. The van der Waals surface area contributed by atoms with Gasteiger partial charge in [0.2, 0.25) is 6.29 Å². The molecule has 0 aliphatic rings. The highest BCUT2D eigenvalue weighted by Crippen LogP contribution is 2.32. The van der Waals surface area contributed by atoms with Gasteiger partial charge in [-0.25, -0.2) is 0 Å². The van der Waals surface area contributed by atoms with E-state index in [4.69, 9.17) is 0 Å². The molecule has 0 fully saturated rings. The molecule has 21 heavy (non-hydrogen) atoms. The van der Waals surface area contributed by atoms with E-state index in [1.165, 1.54) is 0 Å². The third kappa shape index (κ3) is 2.77. The predicted molar refractivity (Wildman–Crippen MR) is 85.9 cm³/mol. The first-order valence-corrected chi connectivity index (χ1v) is 6.97. The number of hydrogen-bond donors (Lipinski definition) is 0. The summed E-state index contributed by atoms with van der Waals surface area (Å²) in [6, 6.07) is 27.9. The molecule has 1 nitrogen and oxygen atoms in total. The van der Waals surface area contributed by atoms with Gasteiger partial charge in [-0.2, -0.15) is 0 Å². The second-order valence-electron chi connectivity index (χ2n) is 4.91. The summed E-state index contributed by atoms with van der Waals surface area (Å²) >= 11 is 0. The molecule has 3 aromatic carbocycles. The number of rotatable bonds is 4. The Labute approximate surface area is 124 Å². The first-order valence-electron chi connectivity index (χ1n) is 6.97. The third-order valence-electron chi connectivity index (χ3n) is 3.61. The first kappa shape index (κ1) is 13.3. The Morgan fingerprint density at radius 2 is 1.24 bits per heavy atom. The van der Waals surface area contributed by atoms with Gasteiger partial charge in [-0.15, -0.1) is 0 Å². The van der Waals surface area contributed by atoms with Crippen LogP contribution in [0.4, 0.5) is 0 Å². The van der Waals surface area contributed by atoms with Crippen LogP contribution in [0.2, 0.25) is 0 Å². The van der Waals surface area contributed by atoms with Gasteiger partial charge < -0.3 is 0 Å². The maximum atomic E-state index is 11.6. The Hall–Kier alpha value is -2.67. The predicted octanol–water partition coefficient (Wildman–Crippen LogP) is 4.60. The lowest BCUT2D eigenvalue weighted by Crippen LogP contribution is -2.04. The molecule has 0 heterocycles. The normalized spacial score (nSPS) is 11.8. The van der Waals surface area contributed by atoms with Crippen LogP contribution < -0.4 is 0 Å².